The van der Waals surface area contributed by atoms with Gasteiger partial charge in [-0.05, 0) is 48.6 Å². The summed E-state index contributed by atoms with van der Waals surface area (Å²) in [4.78, 5) is 23.9. The van der Waals surface area contributed by atoms with E-state index in [4.69, 9.17) is 4.74 Å². The Labute approximate surface area is 153 Å². The van der Waals surface area contributed by atoms with Crippen molar-refractivity contribution in [2.75, 3.05) is 13.2 Å². The number of fused-ring (bicyclic) bond motifs is 1. The van der Waals surface area contributed by atoms with E-state index in [2.05, 4.69) is 5.32 Å². The van der Waals surface area contributed by atoms with Crippen LogP contribution in [0, 0.1) is 5.92 Å². The van der Waals surface area contributed by atoms with E-state index in [1.165, 1.54) is 5.56 Å². The molecular weight excluding hydrogens is 330 g/mol. The standard InChI is InChI=1S/C21H23NO4/c1-2-26-17-9-7-14(8-10-17)11-16(21(24)25)13-22-20(23)19-12-15-5-3-4-6-18(15)19/h3-10,16,19H,2,11-13H2,1H3,(H,22,23)(H,24,25). The zero-order chi connectivity index (χ0) is 18.5. The molecule has 0 bridgehead atoms. The lowest BCUT2D eigenvalue weighted by Gasteiger charge is -2.29. The van der Waals surface area contributed by atoms with E-state index in [9.17, 15) is 14.7 Å². The van der Waals surface area contributed by atoms with Crippen molar-refractivity contribution in [2.24, 2.45) is 5.92 Å². The number of hydrogen-bond donors (Lipinski definition) is 2. The van der Waals surface area contributed by atoms with E-state index in [1.54, 1.807) is 0 Å². The lowest BCUT2D eigenvalue weighted by atomic mass is 9.77. The first kappa shape index (κ1) is 18.0. The summed E-state index contributed by atoms with van der Waals surface area (Å²) in [6.45, 7) is 2.63. The third-order valence-corrected chi connectivity index (χ3v) is 4.76. The topological polar surface area (TPSA) is 75.6 Å². The first-order chi connectivity index (χ1) is 12.6. The van der Waals surface area contributed by atoms with Crippen molar-refractivity contribution in [3.63, 3.8) is 0 Å². The molecule has 2 atom stereocenters. The second-order valence-electron chi connectivity index (χ2n) is 6.52. The molecule has 0 radical (unpaired) electrons. The third kappa shape index (κ3) is 4.04. The molecule has 1 aliphatic rings. The molecule has 0 aliphatic heterocycles. The van der Waals surface area contributed by atoms with Crippen LogP contribution < -0.4 is 10.1 Å². The average molecular weight is 353 g/mol. The summed E-state index contributed by atoms with van der Waals surface area (Å²) < 4.78 is 5.39. The number of aliphatic carboxylic acids is 1. The zero-order valence-electron chi connectivity index (χ0n) is 14.8. The van der Waals surface area contributed by atoms with Gasteiger partial charge in [0.1, 0.15) is 5.75 Å². The number of carboxylic acids is 1. The first-order valence-corrected chi connectivity index (χ1v) is 8.88. The minimum atomic E-state index is -0.909. The quantitative estimate of drug-likeness (QED) is 0.765. The van der Waals surface area contributed by atoms with Gasteiger partial charge in [-0.25, -0.2) is 0 Å². The Hall–Kier alpha value is -2.82. The lowest BCUT2D eigenvalue weighted by Crippen LogP contribution is -2.40. The highest BCUT2D eigenvalue weighted by molar-refractivity contribution is 5.87. The molecule has 2 aromatic rings. The van der Waals surface area contributed by atoms with Crippen molar-refractivity contribution in [3.8, 4) is 5.75 Å². The zero-order valence-corrected chi connectivity index (χ0v) is 14.8. The van der Waals surface area contributed by atoms with Crippen LogP contribution in [-0.2, 0) is 22.4 Å². The van der Waals surface area contributed by atoms with Crippen LogP contribution in [0.4, 0.5) is 0 Å². The highest BCUT2D eigenvalue weighted by Crippen LogP contribution is 2.34. The monoisotopic (exact) mass is 353 g/mol. The maximum atomic E-state index is 12.4. The van der Waals surface area contributed by atoms with Gasteiger partial charge in [-0.2, -0.15) is 0 Å². The van der Waals surface area contributed by atoms with Crippen LogP contribution in [-0.4, -0.2) is 30.1 Å². The first-order valence-electron chi connectivity index (χ1n) is 8.88. The number of rotatable bonds is 8. The predicted molar refractivity (Wildman–Crippen MR) is 98.3 cm³/mol. The van der Waals surface area contributed by atoms with Gasteiger partial charge in [0.05, 0.1) is 18.4 Å². The smallest absolute Gasteiger partial charge is 0.308 e. The van der Waals surface area contributed by atoms with Gasteiger partial charge in [-0.1, -0.05) is 36.4 Å². The molecule has 5 nitrogen and oxygen atoms in total. The predicted octanol–water partition coefficient (Wildman–Crippen LogP) is 2.78. The van der Waals surface area contributed by atoms with Crippen LogP contribution in [0.15, 0.2) is 48.5 Å². The average Bonchev–Trinajstić information content (AvgIpc) is 2.61. The molecule has 0 saturated heterocycles. The molecule has 0 aromatic heterocycles. The second kappa shape index (κ2) is 8.04. The number of benzene rings is 2. The maximum absolute atomic E-state index is 12.4. The van der Waals surface area contributed by atoms with E-state index >= 15 is 0 Å². The summed E-state index contributed by atoms with van der Waals surface area (Å²) in [6, 6.07) is 15.3. The number of hydrogen-bond acceptors (Lipinski definition) is 3. The lowest BCUT2D eigenvalue weighted by molar-refractivity contribution is -0.141. The Balaban J connectivity index is 1.55. The van der Waals surface area contributed by atoms with Crippen molar-refractivity contribution in [1.29, 1.82) is 0 Å². The Morgan fingerprint density at radius 3 is 2.58 bits per heavy atom. The highest BCUT2D eigenvalue weighted by Gasteiger charge is 2.32. The van der Waals surface area contributed by atoms with E-state index in [-0.39, 0.29) is 18.4 Å². The fraction of sp³-hybridized carbons (Fsp3) is 0.333. The molecule has 2 N–H and O–H groups in total. The van der Waals surface area contributed by atoms with Gasteiger partial charge in [0, 0.05) is 6.54 Å². The van der Waals surface area contributed by atoms with Crippen LogP contribution in [0.3, 0.4) is 0 Å². The molecule has 26 heavy (non-hydrogen) atoms. The summed E-state index contributed by atoms with van der Waals surface area (Å²) >= 11 is 0. The van der Waals surface area contributed by atoms with Crippen LogP contribution >= 0.6 is 0 Å². The Morgan fingerprint density at radius 2 is 1.92 bits per heavy atom. The minimum Gasteiger partial charge on any atom is -0.494 e. The summed E-state index contributed by atoms with van der Waals surface area (Å²) in [7, 11) is 0. The van der Waals surface area contributed by atoms with E-state index < -0.39 is 11.9 Å². The van der Waals surface area contributed by atoms with E-state index in [0.29, 0.717) is 13.0 Å². The van der Waals surface area contributed by atoms with E-state index in [0.717, 1.165) is 23.3 Å². The number of carboxylic acid groups (broad SMARTS) is 1. The van der Waals surface area contributed by atoms with E-state index in [1.807, 2.05) is 55.5 Å². The van der Waals surface area contributed by atoms with Crippen molar-refractivity contribution >= 4 is 11.9 Å². The van der Waals surface area contributed by atoms with Gasteiger partial charge < -0.3 is 15.2 Å². The number of amides is 1. The van der Waals surface area contributed by atoms with Crippen LogP contribution in [0.2, 0.25) is 0 Å². The molecule has 136 valence electrons. The Bertz CT molecular complexity index is 785. The fourth-order valence-corrected chi connectivity index (χ4v) is 3.26. The molecule has 0 fully saturated rings. The Morgan fingerprint density at radius 1 is 1.19 bits per heavy atom. The van der Waals surface area contributed by atoms with Crippen molar-refractivity contribution in [2.45, 2.75) is 25.7 Å². The summed E-state index contributed by atoms with van der Waals surface area (Å²) in [5.41, 5.74) is 3.14. The number of carbonyl (C=O) groups is 2. The second-order valence-corrected chi connectivity index (χ2v) is 6.52. The summed E-state index contributed by atoms with van der Waals surface area (Å²) in [6.07, 6.45) is 1.09. The van der Waals surface area contributed by atoms with Gasteiger partial charge in [0.15, 0.2) is 0 Å². The molecule has 0 heterocycles. The molecule has 2 aromatic carbocycles. The molecular formula is C21H23NO4. The SMILES string of the molecule is CCOc1ccc(CC(CNC(=O)C2Cc3ccccc32)C(=O)O)cc1. The maximum Gasteiger partial charge on any atom is 0.308 e. The van der Waals surface area contributed by atoms with Crippen LogP contribution in [0.1, 0.15) is 29.5 Å². The van der Waals surface area contributed by atoms with Crippen LogP contribution in [0.25, 0.3) is 0 Å². The molecule has 1 amide bonds. The van der Waals surface area contributed by atoms with Crippen LogP contribution in [0.5, 0.6) is 5.75 Å². The summed E-state index contributed by atoms with van der Waals surface area (Å²) in [5.74, 6) is -1.06. The van der Waals surface area contributed by atoms with Gasteiger partial charge >= 0.3 is 5.97 Å². The largest absolute Gasteiger partial charge is 0.494 e. The molecule has 2 unspecified atom stereocenters. The summed E-state index contributed by atoms with van der Waals surface area (Å²) in [5, 5.41) is 12.3. The van der Waals surface area contributed by atoms with Crippen molar-refractivity contribution in [1.82, 2.24) is 5.32 Å². The molecule has 3 rings (SSSR count). The number of ether oxygens (including phenoxy) is 1. The minimum absolute atomic E-state index is 0.0957. The molecule has 1 aliphatic carbocycles. The third-order valence-electron chi connectivity index (χ3n) is 4.76. The number of carbonyl (C=O) groups excluding carboxylic acids is 1. The van der Waals surface area contributed by atoms with Gasteiger partial charge in [-0.3, -0.25) is 9.59 Å². The van der Waals surface area contributed by atoms with Gasteiger partial charge in [0.25, 0.3) is 0 Å². The molecule has 5 heteroatoms. The van der Waals surface area contributed by atoms with Crippen molar-refractivity contribution < 1.29 is 19.4 Å². The highest BCUT2D eigenvalue weighted by atomic mass is 16.5. The van der Waals surface area contributed by atoms with Crippen molar-refractivity contribution in [3.05, 3.63) is 65.2 Å². The van der Waals surface area contributed by atoms with Gasteiger partial charge in [-0.15, -0.1) is 0 Å². The fourth-order valence-electron chi connectivity index (χ4n) is 3.26. The number of nitrogens with one attached hydrogen (secondary N) is 1. The molecule has 0 spiro atoms. The normalized spacial score (nSPS) is 16.1. The molecule has 0 saturated carbocycles. The Kier molecular flexibility index (Phi) is 5.56. The van der Waals surface area contributed by atoms with Gasteiger partial charge in [0.2, 0.25) is 5.91 Å².